The highest BCUT2D eigenvalue weighted by Crippen LogP contribution is 2.41. The Bertz CT molecular complexity index is 1120. The lowest BCUT2D eigenvalue weighted by atomic mass is 9.95. The summed E-state index contributed by atoms with van der Waals surface area (Å²) in [5.74, 6) is 0.248. The van der Waals surface area contributed by atoms with Crippen molar-refractivity contribution in [2.24, 2.45) is 0 Å². The predicted octanol–water partition coefficient (Wildman–Crippen LogP) is 2.98. The number of hydrogen-bond acceptors (Lipinski definition) is 7. The minimum atomic E-state index is -0.693. The second-order valence-corrected chi connectivity index (χ2v) is 8.67. The van der Waals surface area contributed by atoms with Gasteiger partial charge in [0.2, 0.25) is 0 Å². The van der Waals surface area contributed by atoms with Crippen LogP contribution in [0.1, 0.15) is 30.0 Å². The second kappa shape index (κ2) is 9.38. The number of rotatable bonds is 6. The van der Waals surface area contributed by atoms with Gasteiger partial charge in [0.05, 0.1) is 18.7 Å². The molecule has 5 rings (SSSR count). The van der Waals surface area contributed by atoms with Gasteiger partial charge in [0.15, 0.2) is 11.5 Å². The van der Waals surface area contributed by atoms with Crippen LogP contribution in [0.3, 0.4) is 0 Å². The van der Waals surface area contributed by atoms with E-state index in [1.54, 1.807) is 42.3 Å². The van der Waals surface area contributed by atoms with Gasteiger partial charge in [-0.3, -0.25) is 9.59 Å². The molecule has 0 aromatic heterocycles. The summed E-state index contributed by atoms with van der Waals surface area (Å²) in [6.07, 6.45) is 2.29. The zero-order chi connectivity index (χ0) is 23.7. The third-order valence-electron chi connectivity index (χ3n) is 6.64. The Hall–Kier alpha value is -3.52. The number of Topliss-reactive ketones (excluding diaryl/α,β-unsaturated/α-hetero) is 1. The van der Waals surface area contributed by atoms with Crippen molar-refractivity contribution in [1.29, 1.82) is 0 Å². The minimum Gasteiger partial charge on any atom is -0.507 e. The van der Waals surface area contributed by atoms with E-state index in [-0.39, 0.29) is 11.3 Å². The molecule has 0 saturated carbocycles. The second-order valence-electron chi connectivity index (χ2n) is 8.67. The fourth-order valence-electron chi connectivity index (χ4n) is 4.84. The van der Waals surface area contributed by atoms with Gasteiger partial charge in [-0.15, -0.1) is 0 Å². The number of carbonyl (C=O) groups excluding carboxylic acids is 2. The average molecular weight is 465 g/mol. The molecule has 3 aliphatic rings. The smallest absolute Gasteiger partial charge is 0.295 e. The summed E-state index contributed by atoms with van der Waals surface area (Å²) in [5, 5.41) is 11.3. The van der Waals surface area contributed by atoms with Crippen LogP contribution in [0.4, 0.5) is 0 Å². The van der Waals surface area contributed by atoms with Crippen molar-refractivity contribution in [3.63, 3.8) is 0 Å². The first-order chi connectivity index (χ1) is 16.6. The number of benzene rings is 2. The molecule has 2 aromatic carbocycles. The molecule has 3 aliphatic heterocycles. The van der Waals surface area contributed by atoms with Crippen molar-refractivity contribution in [2.75, 3.05) is 46.5 Å². The number of aliphatic hydroxyl groups is 1. The standard InChI is InChI=1S/C26H28N2O6/c1-32-19-7-4-17(5-8-19)23-22(24(29)18-6-9-20-21(16-18)34-15-14-33-20)25(30)26(31)28(23)13-12-27-10-2-3-11-27/h4-9,16,23,29H,2-3,10-15H2,1H3/b24-22+. The van der Waals surface area contributed by atoms with Gasteiger partial charge in [-0.1, -0.05) is 12.1 Å². The van der Waals surface area contributed by atoms with Gasteiger partial charge in [0.25, 0.3) is 11.7 Å². The predicted molar refractivity (Wildman–Crippen MR) is 125 cm³/mol. The Kier molecular flexibility index (Phi) is 6.15. The monoisotopic (exact) mass is 464 g/mol. The molecule has 0 aliphatic carbocycles. The zero-order valence-corrected chi connectivity index (χ0v) is 19.2. The van der Waals surface area contributed by atoms with Gasteiger partial charge < -0.3 is 29.1 Å². The number of nitrogens with zero attached hydrogens (tertiary/aromatic N) is 2. The van der Waals surface area contributed by atoms with E-state index >= 15 is 0 Å². The summed E-state index contributed by atoms with van der Waals surface area (Å²) >= 11 is 0. The van der Waals surface area contributed by atoms with E-state index in [1.165, 1.54) is 0 Å². The molecule has 0 spiro atoms. The number of ketones is 1. The Morgan fingerprint density at radius 1 is 1.00 bits per heavy atom. The van der Waals surface area contributed by atoms with Crippen LogP contribution in [0.15, 0.2) is 48.0 Å². The lowest BCUT2D eigenvalue weighted by Gasteiger charge is -2.27. The number of amides is 1. The fraction of sp³-hybridized carbons (Fsp3) is 0.385. The number of aliphatic hydroxyl groups excluding tert-OH is 1. The molecule has 1 unspecified atom stereocenters. The summed E-state index contributed by atoms with van der Waals surface area (Å²) in [7, 11) is 1.58. The highest BCUT2D eigenvalue weighted by Gasteiger charge is 2.46. The van der Waals surface area contributed by atoms with E-state index in [9.17, 15) is 14.7 Å². The van der Waals surface area contributed by atoms with Gasteiger partial charge in [-0.2, -0.15) is 0 Å². The molecule has 2 saturated heterocycles. The number of carbonyl (C=O) groups is 2. The third-order valence-corrected chi connectivity index (χ3v) is 6.64. The topological polar surface area (TPSA) is 88.5 Å². The quantitative estimate of drug-likeness (QED) is 0.399. The molecule has 3 heterocycles. The minimum absolute atomic E-state index is 0.0771. The molecular formula is C26H28N2O6. The van der Waals surface area contributed by atoms with Crippen molar-refractivity contribution in [1.82, 2.24) is 9.80 Å². The summed E-state index contributed by atoms with van der Waals surface area (Å²) in [4.78, 5) is 30.2. The number of methoxy groups -OCH3 is 1. The molecule has 8 heteroatoms. The van der Waals surface area contributed by atoms with Crippen molar-refractivity contribution in [3.05, 3.63) is 59.2 Å². The van der Waals surface area contributed by atoms with Crippen molar-refractivity contribution in [3.8, 4) is 17.2 Å². The van der Waals surface area contributed by atoms with Crippen LogP contribution in [0.5, 0.6) is 17.2 Å². The lowest BCUT2D eigenvalue weighted by Crippen LogP contribution is -2.37. The van der Waals surface area contributed by atoms with Crippen LogP contribution in [0.2, 0.25) is 0 Å². The Morgan fingerprint density at radius 3 is 2.41 bits per heavy atom. The lowest BCUT2D eigenvalue weighted by molar-refractivity contribution is -0.140. The van der Waals surface area contributed by atoms with Gasteiger partial charge in [0, 0.05) is 18.7 Å². The first kappa shape index (κ1) is 22.3. The highest BCUT2D eigenvalue weighted by atomic mass is 16.6. The van der Waals surface area contributed by atoms with Crippen LogP contribution in [0, 0.1) is 0 Å². The van der Waals surface area contributed by atoms with Crippen LogP contribution in [0.25, 0.3) is 5.76 Å². The van der Waals surface area contributed by atoms with E-state index in [2.05, 4.69) is 4.90 Å². The fourth-order valence-corrected chi connectivity index (χ4v) is 4.84. The third kappa shape index (κ3) is 4.09. The largest absolute Gasteiger partial charge is 0.507 e. The molecule has 34 heavy (non-hydrogen) atoms. The van der Waals surface area contributed by atoms with Crippen molar-refractivity contribution < 1.29 is 28.9 Å². The van der Waals surface area contributed by atoms with E-state index in [4.69, 9.17) is 14.2 Å². The molecule has 0 bridgehead atoms. The van der Waals surface area contributed by atoms with Crippen LogP contribution in [-0.2, 0) is 9.59 Å². The highest BCUT2D eigenvalue weighted by molar-refractivity contribution is 6.46. The first-order valence-electron chi connectivity index (χ1n) is 11.6. The molecule has 2 fully saturated rings. The van der Waals surface area contributed by atoms with Crippen LogP contribution >= 0.6 is 0 Å². The summed E-state index contributed by atoms with van der Waals surface area (Å²) in [6.45, 7) is 3.94. The molecule has 1 amide bonds. The molecular weight excluding hydrogens is 436 g/mol. The van der Waals surface area contributed by atoms with Crippen LogP contribution < -0.4 is 14.2 Å². The Balaban J connectivity index is 1.55. The van der Waals surface area contributed by atoms with Crippen molar-refractivity contribution >= 4 is 17.4 Å². The van der Waals surface area contributed by atoms with E-state index in [0.29, 0.717) is 49.1 Å². The van der Waals surface area contributed by atoms with E-state index < -0.39 is 17.7 Å². The number of hydrogen-bond donors (Lipinski definition) is 1. The number of fused-ring (bicyclic) bond motifs is 1. The maximum absolute atomic E-state index is 13.2. The van der Waals surface area contributed by atoms with Crippen LogP contribution in [-0.4, -0.2) is 73.1 Å². The summed E-state index contributed by atoms with van der Waals surface area (Å²) in [5.41, 5.74) is 1.22. The van der Waals surface area contributed by atoms with Crippen molar-refractivity contribution in [2.45, 2.75) is 18.9 Å². The molecule has 178 valence electrons. The normalized spacial score (nSPS) is 21.8. The zero-order valence-electron chi connectivity index (χ0n) is 19.2. The summed E-state index contributed by atoms with van der Waals surface area (Å²) < 4.78 is 16.5. The SMILES string of the molecule is COc1ccc(C2/C(=C(\O)c3ccc4c(c3)OCCO4)C(=O)C(=O)N2CCN2CCCC2)cc1. The maximum Gasteiger partial charge on any atom is 0.295 e. The Labute approximate surface area is 198 Å². The van der Waals surface area contributed by atoms with E-state index in [1.807, 2.05) is 12.1 Å². The molecule has 0 radical (unpaired) electrons. The van der Waals surface area contributed by atoms with Gasteiger partial charge in [0.1, 0.15) is 24.7 Å². The van der Waals surface area contributed by atoms with Gasteiger partial charge >= 0.3 is 0 Å². The molecule has 8 nitrogen and oxygen atoms in total. The average Bonchev–Trinajstić information content (AvgIpc) is 3.48. The number of ether oxygens (including phenoxy) is 3. The van der Waals surface area contributed by atoms with E-state index in [0.717, 1.165) is 31.5 Å². The summed E-state index contributed by atoms with van der Waals surface area (Å²) in [6, 6.07) is 11.6. The Morgan fingerprint density at radius 2 is 1.71 bits per heavy atom. The first-order valence-corrected chi connectivity index (χ1v) is 11.6. The van der Waals surface area contributed by atoms with Gasteiger partial charge in [-0.05, 0) is 61.8 Å². The molecule has 2 aromatic rings. The molecule has 1 atom stereocenters. The number of likely N-dealkylation sites (tertiary alicyclic amines) is 2. The van der Waals surface area contributed by atoms with Gasteiger partial charge in [-0.25, -0.2) is 0 Å². The molecule has 1 N–H and O–H groups in total. The maximum atomic E-state index is 13.2.